The number of hydrogen-bond acceptors (Lipinski definition) is 2. The number of urea groups is 1. The van der Waals surface area contributed by atoms with Crippen LogP contribution in [0.4, 0.5) is 4.79 Å². The lowest BCUT2D eigenvalue weighted by Crippen LogP contribution is -2.46. The molecule has 1 heterocycles. The number of nitrogens with zero attached hydrogens (tertiary/aromatic N) is 1. The van der Waals surface area contributed by atoms with E-state index < -0.39 is 0 Å². The smallest absolute Gasteiger partial charge is 0.318 e. The first kappa shape index (κ1) is 14.7. The van der Waals surface area contributed by atoms with E-state index in [1.165, 1.54) is 0 Å². The third kappa shape index (κ3) is 4.17. The zero-order valence-corrected chi connectivity index (χ0v) is 12.7. The largest absolute Gasteiger partial charge is 0.490 e. The number of terminal acetylenes is 1. The van der Waals surface area contributed by atoms with Gasteiger partial charge in [-0.15, -0.1) is 6.42 Å². The van der Waals surface area contributed by atoms with Gasteiger partial charge in [0.05, 0.1) is 6.54 Å². The average Bonchev–Trinajstić information content (AvgIpc) is 2.45. The van der Waals surface area contributed by atoms with Gasteiger partial charge in [0.25, 0.3) is 0 Å². The van der Waals surface area contributed by atoms with E-state index in [1.807, 2.05) is 24.3 Å². The summed E-state index contributed by atoms with van der Waals surface area (Å²) in [5, 5.41) is 2.68. The summed E-state index contributed by atoms with van der Waals surface area (Å²) in [4.78, 5) is 13.5. The highest BCUT2D eigenvalue weighted by molar-refractivity contribution is 9.10. The number of piperidine rings is 1. The van der Waals surface area contributed by atoms with Crippen molar-refractivity contribution in [3.8, 4) is 18.1 Å². The van der Waals surface area contributed by atoms with Crippen LogP contribution in [0.2, 0.25) is 0 Å². The number of amides is 2. The van der Waals surface area contributed by atoms with Crippen molar-refractivity contribution in [1.82, 2.24) is 10.2 Å². The second-order valence-electron chi connectivity index (χ2n) is 4.62. The highest BCUT2D eigenvalue weighted by Crippen LogP contribution is 2.22. The summed E-state index contributed by atoms with van der Waals surface area (Å²) in [6.45, 7) is 1.65. The van der Waals surface area contributed by atoms with Crippen molar-refractivity contribution in [1.29, 1.82) is 0 Å². The topological polar surface area (TPSA) is 41.6 Å². The van der Waals surface area contributed by atoms with E-state index in [0.717, 1.165) is 23.1 Å². The van der Waals surface area contributed by atoms with E-state index in [1.54, 1.807) is 4.90 Å². The highest BCUT2D eigenvalue weighted by atomic mass is 79.9. The summed E-state index contributed by atoms with van der Waals surface area (Å²) >= 11 is 3.42. The second-order valence-corrected chi connectivity index (χ2v) is 5.54. The van der Waals surface area contributed by atoms with Gasteiger partial charge in [0.2, 0.25) is 0 Å². The monoisotopic (exact) mass is 336 g/mol. The van der Waals surface area contributed by atoms with Crippen molar-refractivity contribution in [3.63, 3.8) is 0 Å². The Morgan fingerprint density at radius 1 is 1.50 bits per heavy atom. The fraction of sp³-hybridized carbons (Fsp3) is 0.400. The molecule has 0 saturated carbocycles. The SMILES string of the molecule is C#CCNC(=O)N1CCC(Oc2cccc(Br)c2)CC1. The van der Waals surface area contributed by atoms with Gasteiger partial charge in [0.15, 0.2) is 0 Å². The van der Waals surface area contributed by atoms with Gasteiger partial charge in [-0.3, -0.25) is 0 Å². The van der Waals surface area contributed by atoms with E-state index in [-0.39, 0.29) is 18.7 Å². The molecule has 0 spiro atoms. The average molecular weight is 337 g/mol. The molecule has 1 aliphatic heterocycles. The molecule has 2 rings (SSSR count). The van der Waals surface area contributed by atoms with Crippen molar-refractivity contribution in [2.24, 2.45) is 0 Å². The number of carbonyl (C=O) groups is 1. The van der Waals surface area contributed by atoms with Gasteiger partial charge in [-0.1, -0.05) is 27.9 Å². The molecule has 1 N–H and O–H groups in total. The number of benzene rings is 1. The lowest BCUT2D eigenvalue weighted by molar-refractivity contribution is 0.111. The van der Waals surface area contributed by atoms with Crippen molar-refractivity contribution >= 4 is 22.0 Å². The number of carbonyl (C=O) groups excluding carboxylic acids is 1. The van der Waals surface area contributed by atoms with Gasteiger partial charge >= 0.3 is 6.03 Å². The van der Waals surface area contributed by atoms with Crippen LogP contribution in [-0.4, -0.2) is 36.7 Å². The van der Waals surface area contributed by atoms with Gasteiger partial charge in [-0.25, -0.2) is 4.79 Å². The minimum atomic E-state index is -0.0937. The molecule has 106 valence electrons. The summed E-state index contributed by atoms with van der Waals surface area (Å²) in [5.41, 5.74) is 0. The summed E-state index contributed by atoms with van der Waals surface area (Å²) in [7, 11) is 0. The zero-order valence-electron chi connectivity index (χ0n) is 11.1. The molecule has 0 radical (unpaired) electrons. The number of likely N-dealkylation sites (tertiary alicyclic amines) is 1. The number of ether oxygens (including phenoxy) is 1. The molecular formula is C15H17BrN2O2. The van der Waals surface area contributed by atoms with Gasteiger partial charge in [-0.05, 0) is 18.2 Å². The molecule has 0 atom stereocenters. The minimum absolute atomic E-state index is 0.0937. The van der Waals surface area contributed by atoms with Gasteiger partial charge < -0.3 is 15.0 Å². The van der Waals surface area contributed by atoms with E-state index in [0.29, 0.717) is 13.1 Å². The number of halogens is 1. The Balaban J connectivity index is 1.80. The van der Waals surface area contributed by atoms with Crippen LogP contribution in [0.5, 0.6) is 5.75 Å². The van der Waals surface area contributed by atoms with Crippen LogP contribution in [0.25, 0.3) is 0 Å². The first-order chi connectivity index (χ1) is 9.69. The fourth-order valence-electron chi connectivity index (χ4n) is 2.15. The minimum Gasteiger partial charge on any atom is -0.490 e. The van der Waals surface area contributed by atoms with Crippen LogP contribution in [0.15, 0.2) is 28.7 Å². The van der Waals surface area contributed by atoms with Crippen molar-refractivity contribution in [2.75, 3.05) is 19.6 Å². The number of hydrogen-bond donors (Lipinski definition) is 1. The Kier molecular flexibility index (Phi) is 5.31. The maximum absolute atomic E-state index is 11.7. The van der Waals surface area contributed by atoms with Crippen LogP contribution < -0.4 is 10.1 Å². The third-order valence-corrected chi connectivity index (χ3v) is 3.66. The lowest BCUT2D eigenvalue weighted by atomic mass is 10.1. The van der Waals surface area contributed by atoms with Gasteiger partial charge in [0, 0.05) is 30.4 Å². The Morgan fingerprint density at radius 3 is 2.90 bits per heavy atom. The fourth-order valence-corrected chi connectivity index (χ4v) is 2.53. The molecule has 1 aromatic carbocycles. The third-order valence-electron chi connectivity index (χ3n) is 3.17. The van der Waals surface area contributed by atoms with Crippen molar-refractivity contribution in [2.45, 2.75) is 18.9 Å². The zero-order chi connectivity index (χ0) is 14.4. The summed E-state index contributed by atoms with van der Waals surface area (Å²) in [5.74, 6) is 3.25. The molecule has 2 amide bonds. The van der Waals surface area contributed by atoms with Gasteiger partial charge in [0.1, 0.15) is 11.9 Å². The maximum atomic E-state index is 11.7. The van der Waals surface area contributed by atoms with Crippen LogP contribution in [0.3, 0.4) is 0 Å². The van der Waals surface area contributed by atoms with Crippen LogP contribution in [0, 0.1) is 12.3 Å². The quantitative estimate of drug-likeness (QED) is 0.862. The van der Waals surface area contributed by atoms with E-state index >= 15 is 0 Å². The Bertz CT molecular complexity index is 505. The Labute approximate surface area is 127 Å². The molecule has 0 aromatic heterocycles. The molecule has 0 unspecified atom stereocenters. The number of nitrogens with one attached hydrogen (secondary N) is 1. The van der Waals surface area contributed by atoms with Crippen molar-refractivity contribution < 1.29 is 9.53 Å². The molecule has 1 saturated heterocycles. The standard InChI is InChI=1S/C15H17BrN2O2/c1-2-8-17-15(19)18-9-6-13(7-10-18)20-14-5-3-4-12(16)11-14/h1,3-5,11,13H,6-10H2,(H,17,19). The van der Waals surface area contributed by atoms with Crippen LogP contribution >= 0.6 is 15.9 Å². The molecule has 1 fully saturated rings. The number of rotatable bonds is 3. The Hall–Kier alpha value is -1.67. The first-order valence-corrected chi connectivity index (χ1v) is 7.37. The summed E-state index contributed by atoms with van der Waals surface area (Å²) in [6.07, 6.45) is 6.93. The highest BCUT2D eigenvalue weighted by Gasteiger charge is 2.23. The second kappa shape index (κ2) is 7.20. The predicted molar refractivity (Wildman–Crippen MR) is 81.6 cm³/mol. The van der Waals surface area contributed by atoms with E-state index in [4.69, 9.17) is 11.2 Å². The first-order valence-electron chi connectivity index (χ1n) is 6.57. The van der Waals surface area contributed by atoms with Crippen LogP contribution in [-0.2, 0) is 0 Å². The maximum Gasteiger partial charge on any atom is 0.318 e. The normalized spacial score (nSPS) is 15.5. The molecule has 5 heteroatoms. The van der Waals surface area contributed by atoms with E-state index in [2.05, 4.69) is 27.2 Å². The molecule has 0 aliphatic carbocycles. The molecule has 1 aliphatic rings. The van der Waals surface area contributed by atoms with Crippen LogP contribution in [0.1, 0.15) is 12.8 Å². The summed E-state index contributed by atoms with van der Waals surface area (Å²) < 4.78 is 6.93. The molecule has 20 heavy (non-hydrogen) atoms. The van der Waals surface area contributed by atoms with E-state index in [9.17, 15) is 4.79 Å². The molecule has 1 aromatic rings. The molecule has 4 nitrogen and oxygen atoms in total. The molecule has 0 bridgehead atoms. The predicted octanol–water partition coefficient (Wildman–Crippen LogP) is 2.64. The molecular weight excluding hydrogens is 320 g/mol. The van der Waals surface area contributed by atoms with Crippen molar-refractivity contribution in [3.05, 3.63) is 28.7 Å². The Morgan fingerprint density at radius 2 is 2.25 bits per heavy atom. The lowest BCUT2D eigenvalue weighted by Gasteiger charge is -2.32. The van der Waals surface area contributed by atoms with Gasteiger partial charge in [-0.2, -0.15) is 0 Å². The summed E-state index contributed by atoms with van der Waals surface area (Å²) in [6, 6.07) is 7.71.